The lowest BCUT2D eigenvalue weighted by molar-refractivity contribution is 0.384. The Hall–Kier alpha value is -3.05. The number of H-pyrrole nitrogens is 2. The molecule has 1 aromatic carbocycles. The Balaban J connectivity index is 1.40. The van der Waals surface area contributed by atoms with Crippen molar-refractivity contribution in [2.24, 2.45) is 0 Å². The molecule has 0 aliphatic carbocycles. The molecule has 128 valence electrons. The van der Waals surface area contributed by atoms with Crippen LogP contribution in [0.1, 0.15) is 11.4 Å². The lowest BCUT2D eigenvalue weighted by Crippen LogP contribution is -2.23. The maximum absolute atomic E-state index is 6.57. The zero-order valence-corrected chi connectivity index (χ0v) is 14.7. The average molecular weight is 362 g/mol. The summed E-state index contributed by atoms with van der Waals surface area (Å²) in [5, 5.41) is 1.81. The quantitative estimate of drug-likeness (QED) is 0.531. The number of hydrogen-bond acceptors (Lipinski definition) is 3. The molecule has 0 spiro atoms. The third-order valence-electron chi connectivity index (χ3n) is 4.65. The number of fused-ring (bicyclic) bond motifs is 2. The zero-order valence-electron chi connectivity index (χ0n) is 13.9. The lowest BCUT2D eigenvalue weighted by atomic mass is 10.0. The van der Waals surface area contributed by atoms with Crippen LogP contribution in [0, 0.1) is 0 Å². The molecule has 5 nitrogen and oxygen atoms in total. The number of nitrogens with one attached hydrogen (secondary N) is 2. The van der Waals surface area contributed by atoms with Crippen molar-refractivity contribution < 1.29 is 0 Å². The predicted molar refractivity (Wildman–Crippen MR) is 105 cm³/mol. The minimum absolute atomic E-state index is 0.642. The summed E-state index contributed by atoms with van der Waals surface area (Å²) in [6, 6.07) is 12.0. The largest absolute Gasteiger partial charge is 0.351 e. The van der Waals surface area contributed by atoms with Gasteiger partial charge in [0.25, 0.3) is 0 Å². The number of hydrogen-bond donors (Lipinski definition) is 2. The average Bonchev–Trinajstić information content (AvgIpc) is 3.27. The van der Waals surface area contributed by atoms with Crippen LogP contribution < -0.4 is 0 Å². The second-order valence-electron chi connectivity index (χ2n) is 6.31. The van der Waals surface area contributed by atoms with Crippen molar-refractivity contribution in [3.8, 4) is 0 Å². The monoisotopic (exact) mass is 361 g/mol. The van der Waals surface area contributed by atoms with Crippen LogP contribution in [0.2, 0.25) is 0 Å². The summed E-state index contributed by atoms with van der Waals surface area (Å²) in [5.41, 5.74) is 5.13. The molecule has 0 radical (unpaired) electrons. The number of para-hydroxylation sites is 2. The van der Waals surface area contributed by atoms with Gasteiger partial charge in [0, 0.05) is 29.9 Å². The molecule has 0 amide bonds. The van der Waals surface area contributed by atoms with Crippen LogP contribution in [0.15, 0.2) is 66.1 Å². The lowest BCUT2D eigenvalue weighted by Gasteiger charge is -2.25. The molecule has 3 aromatic heterocycles. The Kier molecular flexibility index (Phi) is 3.53. The number of benzene rings is 1. The van der Waals surface area contributed by atoms with Crippen molar-refractivity contribution in [3.05, 3.63) is 77.5 Å². The van der Waals surface area contributed by atoms with Crippen LogP contribution in [0.25, 0.3) is 27.6 Å². The van der Waals surface area contributed by atoms with Gasteiger partial charge < -0.3 is 14.9 Å². The van der Waals surface area contributed by atoms with Crippen molar-refractivity contribution in [2.75, 3.05) is 6.54 Å². The molecule has 0 bridgehead atoms. The van der Waals surface area contributed by atoms with Gasteiger partial charge in [0.1, 0.15) is 16.6 Å². The Morgan fingerprint density at radius 3 is 2.96 bits per heavy atom. The summed E-state index contributed by atoms with van der Waals surface area (Å²) in [4.78, 5) is 17.6. The summed E-state index contributed by atoms with van der Waals surface area (Å²) in [6.45, 7) is 1.37. The molecular formula is C20H16ClN5. The Morgan fingerprint density at radius 2 is 2.08 bits per heavy atom. The first-order valence-corrected chi connectivity index (χ1v) is 8.84. The second kappa shape index (κ2) is 6.04. The number of pyridine rings is 1. The number of rotatable bonds is 3. The maximum Gasteiger partial charge on any atom is 0.137 e. The standard InChI is InChI=1S/C20H16ClN5/c21-18-10-13(15-11-23-20-14(15)4-3-8-22-20)7-9-26(18)12-19-24-16-5-1-2-6-17(16)25-19/h1-8,10-11H,9,12H2,(H,22,23)(H,24,25). The van der Waals surface area contributed by atoms with Crippen LogP contribution in [0.5, 0.6) is 0 Å². The summed E-state index contributed by atoms with van der Waals surface area (Å²) in [6.07, 6.45) is 7.96. The predicted octanol–water partition coefficient (Wildman–Crippen LogP) is 4.42. The molecule has 4 aromatic rings. The molecule has 4 heterocycles. The molecule has 5 rings (SSSR count). The van der Waals surface area contributed by atoms with Gasteiger partial charge in [-0.2, -0.15) is 0 Å². The Labute approximate surface area is 155 Å². The summed E-state index contributed by atoms with van der Waals surface area (Å²) < 4.78 is 0. The van der Waals surface area contributed by atoms with E-state index in [1.807, 2.05) is 42.6 Å². The van der Waals surface area contributed by atoms with E-state index in [1.54, 1.807) is 6.20 Å². The van der Waals surface area contributed by atoms with Gasteiger partial charge in [0.15, 0.2) is 0 Å². The van der Waals surface area contributed by atoms with Crippen LogP contribution >= 0.6 is 11.6 Å². The summed E-state index contributed by atoms with van der Waals surface area (Å²) in [7, 11) is 0. The van der Waals surface area contributed by atoms with E-state index in [9.17, 15) is 0 Å². The van der Waals surface area contributed by atoms with Gasteiger partial charge in [-0.1, -0.05) is 29.8 Å². The topological polar surface area (TPSA) is 60.6 Å². The molecule has 2 N–H and O–H groups in total. The van der Waals surface area contributed by atoms with Gasteiger partial charge in [-0.15, -0.1) is 0 Å². The number of halogens is 1. The summed E-state index contributed by atoms with van der Waals surface area (Å²) >= 11 is 6.57. The van der Waals surface area contributed by atoms with Crippen molar-refractivity contribution in [3.63, 3.8) is 0 Å². The van der Waals surface area contributed by atoms with Crippen molar-refractivity contribution in [1.82, 2.24) is 24.8 Å². The van der Waals surface area contributed by atoms with Gasteiger partial charge >= 0.3 is 0 Å². The molecule has 0 saturated carbocycles. The fourth-order valence-electron chi connectivity index (χ4n) is 3.36. The highest BCUT2D eigenvalue weighted by atomic mass is 35.5. The van der Waals surface area contributed by atoms with Crippen molar-refractivity contribution in [2.45, 2.75) is 6.54 Å². The molecular weight excluding hydrogens is 346 g/mol. The molecule has 0 saturated heterocycles. The third kappa shape index (κ3) is 2.57. The first kappa shape index (κ1) is 15.2. The maximum atomic E-state index is 6.57. The van der Waals surface area contributed by atoms with E-state index in [-0.39, 0.29) is 0 Å². The van der Waals surface area contributed by atoms with E-state index in [2.05, 4.69) is 37.0 Å². The van der Waals surface area contributed by atoms with Gasteiger partial charge in [-0.25, -0.2) is 9.97 Å². The molecule has 1 aliphatic rings. The first-order chi connectivity index (χ1) is 12.8. The van der Waals surface area contributed by atoms with E-state index in [0.717, 1.165) is 45.6 Å². The van der Waals surface area contributed by atoms with Crippen LogP contribution in [-0.4, -0.2) is 31.4 Å². The van der Waals surface area contributed by atoms with E-state index < -0.39 is 0 Å². The minimum Gasteiger partial charge on any atom is -0.351 e. The smallest absolute Gasteiger partial charge is 0.137 e. The molecule has 0 atom stereocenters. The Morgan fingerprint density at radius 1 is 1.15 bits per heavy atom. The van der Waals surface area contributed by atoms with Gasteiger partial charge in [-0.05, 0) is 35.9 Å². The summed E-state index contributed by atoms with van der Waals surface area (Å²) in [5.74, 6) is 0.908. The highest BCUT2D eigenvalue weighted by Gasteiger charge is 2.17. The highest BCUT2D eigenvalue weighted by Crippen LogP contribution is 2.30. The molecule has 0 unspecified atom stereocenters. The molecule has 6 heteroatoms. The fourth-order valence-corrected chi connectivity index (χ4v) is 3.60. The second-order valence-corrected chi connectivity index (χ2v) is 6.70. The van der Waals surface area contributed by atoms with Crippen LogP contribution in [0.4, 0.5) is 0 Å². The number of aromatic nitrogens is 4. The normalized spacial score (nSPS) is 14.7. The minimum atomic E-state index is 0.642. The van der Waals surface area contributed by atoms with Gasteiger partial charge in [0.05, 0.1) is 17.6 Å². The molecule has 1 aliphatic heterocycles. The van der Waals surface area contributed by atoms with Crippen molar-refractivity contribution >= 4 is 39.2 Å². The first-order valence-electron chi connectivity index (χ1n) is 8.46. The van der Waals surface area contributed by atoms with E-state index in [0.29, 0.717) is 11.7 Å². The SMILES string of the molecule is ClC1=CC(c2c[nH]c3ncccc23)=CCN1Cc1nc2ccccc2[nH]1. The van der Waals surface area contributed by atoms with Crippen LogP contribution in [-0.2, 0) is 6.54 Å². The number of aromatic amines is 2. The Bertz CT molecular complexity index is 1130. The van der Waals surface area contributed by atoms with E-state index in [4.69, 9.17) is 11.6 Å². The number of imidazole rings is 1. The highest BCUT2D eigenvalue weighted by molar-refractivity contribution is 6.30. The van der Waals surface area contributed by atoms with Crippen molar-refractivity contribution in [1.29, 1.82) is 0 Å². The number of allylic oxidation sites excluding steroid dienone is 2. The van der Waals surface area contributed by atoms with E-state index >= 15 is 0 Å². The van der Waals surface area contributed by atoms with Crippen LogP contribution in [0.3, 0.4) is 0 Å². The molecule has 26 heavy (non-hydrogen) atoms. The molecule has 0 fully saturated rings. The number of nitrogens with zero attached hydrogens (tertiary/aromatic N) is 3. The fraction of sp³-hybridized carbons (Fsp3) is 0.100. The van der Waals surface area contributed by atoms with Gasteiger partial charge in [0.2, 0.25) is 0 Å². The zero-order chi connectivity index (χ0) is 17.5. The van der Waals surface area contributed by atoms with Gasteiger partial charge in [-0.3, -0.25) is 0 Å². The van der Waals surface area contributed by atoms with E-state index in [1.165, 1.54) is 0 Å². The third-order valence-corrected chi connectivity index (χ3v) is 5.00.